The number of unbranched alkanes of at least 4 members (excludes halogenated alkanes) is 2. The largest absolute Gasteiger partial charge is 0.460 e. The maximum absolute atomic E-state index is 14.2. The second-order valence-electron chi connectivity index (χ2n) is 10.7. The van der Waals surface area contributed by atoms with Gasteiger partial charge in [-0.15, -0.1) is 0 Å². The summed E-state index contributed by atoms with van der Waals surface area (Å²) >= 11 is 0. The number of aliphatic hydroxyl groups excluding tert-OH is 1. The molecule has 0 aliphatic carbocycles. The zero-order valence-electron chi connectivity index (χ0n) is 22.6. The van der Waals surface area contributed by atoms with Crippen molar-refractivity contribution in [3.63, 3.8) is 0 Å². The van der Waals surface area contributed by atoms with E-state index in [9.17, 15) is 24.3 Å². The summed E-state index contributed by atoms with van der Waals surface area (Å²) in [5, 5.41) is 12.9. The fourth-order valence-corrected chi connectivity index (χ4v) is 6.21. The van der Waals surface area contributed by atoms with Crippen LogP contribution in [-0.2, 0) is 28.7 Å². The van der Waals surface area contributed by atoms with Crippen molar-refractivity contribution in [1.29, 1.82) is 0 Å². The number of likely N-dealkylation sites (tertiary alicyclic amines) is 1. The highest BCUT2D eigenvalue weighted by atomic mass is 16.6. The van der Waals surface area contributed by atoms with Crippen molar-refractivity contribution in [2.75, 3.05) is 26.2 Å². The molecule has 4 aliphatic heterocycles. The maximum atomic E-state index is 14.2. The van der Waals surface area contributed by atoms with E-state index in [1.165, 1.54) is 4.90 Å². The van der Waals surface area contributed by atoms with Crippen molar-refractivity contribution in [3.8, 4) is 0 Å². The number of ether oxygens (including phenoxy) is 2. The number of rotatable bonds is 7. The first-order valence-corrected chi connectivity index (χ1v) is 14.0. The highest BCUT2D eigenvalue weighted by Gasteiger charge is 2.72. The van der Waals surface area contributed by atoms with E-state index >= 15 is 0 Å². The van der Waals surface area contributed by atoms with Crippen LogP contribution in [0.2, 0.25) is 0 Å². The van der Waals surface area contributed by atoms with Crippen LogP contribution in [0.15, 0.2) is 24.3 Å². The number of esters is 1. The molecule has 0 aromatic carbocycles. The van der Waals surface area contributed by atoms with Crippen LogP contribution in [0.25, 0.3) is 0 Å². The number of fused-ring (bicyclic) bond motifs is 2. The number of amides is 3. The van der Waals surface area contributed by atoms with Crippen LogP contribution in [-0.4, -0.2) is 94.7 Å². The Labute approximate surface area is 224 Å². The van der Waals surface area contributed by atoms with Crippen molar-refractivity contribution in [3.05, 3.63) is 24.3 Å². The third-order valence-corrected chi connectivity index (χ3v) is 8.16. The molecule has 0 saturated carbocycles. The Kier molecular flexibility index (Phi) is 8.92. The van der Waals surface area contributed by atoms with E-state index in [2.05, 4.69) is 12.2 Å². The number of allylic oxidation sites excluding steroid dienone is 1. The van der Waals surface area contributed by atoms with Gasteiger partial charge in [0, 0.05) is 19.5 Å². The molecule has 0 radical (unpaired) electrons. The first-order valence-electron chi connectivity index (χ1n) is 14.0. The standard InChI is InChI=1S/C28H41N3O7/c1-4-6-9-14-30-15-10-13-28-23(25(34)31(19(5-2)17-32)24(28)26(30)35)22-20(38-28)11-7-8-12-21(33)29-16-18(3)37-27(22)36/h7,10-11,13,18-20,22-24,32H,4-6,8-9,12,14-17H2,1-3H3,(H,29,33)/b11-7-/t18-,19-,20-,22+,23+,24-,28+/m0/s1. The molecule has 0 unspecified atom stereocenters. The van der Waals surface area contributed by atoms with Crippen molar-refractivity contribution in [2.24, 2.45) is 11.8 Å². The van der Waals surface area contributed by atoms with Gasteiger partial charge in [0.2, 0.25) is 17.7 Å². The zero-order valence-corrected chi connectivity index (χ0v) is 22.6. The van der Waals surface area contributed by atoms with E-state index in [-0.39, 0.29) is 37.3 Å². The quantitative estimate of drug-likeness (QED) is 0.288. The minimum absolute atomic E-state index is 0.140. The van der Waals surface area contributed by atoms with Crippen LogP contribution < -0.4 is 5.32 Å². The molecule has 2 N–H and O–H groups in total. The molecule has 2 saturated heterocycles. The van der Waals surface area contributed by atoms with E-state index < -0.39 is 47.7 Å². The van der Waals surface area contributed by atoms with Crippen LogP contribution in [0.5, 0.6) is 0 Å². The monoisotopic (exact) mass is 531 g/mol. The lowest BCUT2D eigenvalue weighted by Gasteiger charge is -2.38. The lowest BCUT2D eigenvalue weighted by Crippen LogP contribution is -2.58. The molecule has 4 rings (SSSR count). The Balaban J connectivity index is 1.78. The van der Waals surface area contributed by atoms with Gasteiger partial charge in [-0.3, -0.25) is 19.2 Å². The molecule has 4 heterocycles. The second-order valence-corrected chi connectivity index (χ2v) is 10.7. The summed E-state index contributed by atoms with van der Waals surface area (Å²) in [6.07, 6.45) is 9.78. The molecular formula is C28H41N3O7. The number of cyclic esters (lactones) is 1. The smallest absolute Gasteiger partial charge is 0.313 e. The summed E-state index contributed by atoms with van der Waals surface area (Å²) in [4.78, 5) is 57.2. The molecule has 2 fully saturated rings. The van der Waals surface area contributed by atoms with Gasteiger partial charge in [0.1, 0.15) is 23.7 Å². The fourth-order valence-electron chi connectivity index (χ4n) is 6.21. The number of carbonyl (C=O) groups excluding carboxylic acids is 4. The predicted octanol–water partition coefficient (Wildman–Crippen LogP) is 1.32. The maximum Gasteiger partial charge on any atom is 0.313 e. The van der Waals surface area contributed by atoms with Gasteiger partial charge in [-0.1, -0.05) is 51.0 Å². The number of aliphatic hydroxyl groups is 1. The lowest BCUT2D eigenvalue weighted by molar-refractivity contribution is -0.159. The molecular weight excluding hydrogens is 490 g/mol. The summed E-state index contributed by atoms with van der Waals surface area (Å²) in [5.41, 5.74) is -1.37. The molecule has 3 amide bonds. The Morgan fingerprint density at radius 1 is 1.16 bits per heavy atom. The minimum Gasteiger partial charge on any atom is -0.460 e. The molecule has 1 spiro atoms. The molecule has 10 heteroatoms. The number of nitrogens with one attached hydrogen (secondary N) is 1. The van der Waals surface area contributed by atoms with E-state index in [4.69, 9.17) is 9.47 Å². The van der Waals surface area contributed by atoms with Crippen molar-refractivity contribution < 1.29 is 33.8 Å². The van der Waals surface area contributed by atoms with E-state index in [1.54, 1.807) is 30.1 Å². The predicted molar refractivity (Wildman–Crippen MR) is 139 cm³/mol. The van der Waals surface area contributed by atoms with Crippen LogP contribution in [0.4, 0.5) is 0 Å². The summed E-state index contributed by atoms with van der Waals surface area (Å²) in [5.74, 6) is -3.29. The summed E-state index contributed by atoms with van der Waals surface area (Å²) in [7, 11) is 0. The van der Waals surface area contributed by atoms with Crippen LogP contribution in [0.1, 0.15) is 59.3 Å². The fraction of sp³-hybridized carbons (Fsp3) is 0.714. The van der Waals surface area contributed by atoms with Gasteiger partial charge in [-0.2, -0.15) is 0 Å². The van der Waals surface area contributed by atoms with Crippen LogP contribution in [0.3, 0.4) is 0 Å². The van der Waals surface area contributed by atoms with Crippen molar-refractivity contribution >= 4 is 23.7 Å². The molecule has 38 heavy (non-hydrogen) atoms. The van der Waals surface area contributed by atoms with E-state index in [0.29, 0.717) is 25.9 Å². The SMILES string of the molecule is CCCCCN1CC=C[C@@]23O[C@H]4/C=C\CCC(=O)NC[C@H](C)OC(=O)[C@H]4[C@@H]2C(=O)N([C@@H](CC)CO)[C@H]3C1=O. The van der Waals surface area contributed by atoms with Crippen LogP contribution >= 0.6 is 0 Å². The Morgan fingerprint density at radius 2 is 1.95 bits per heavy atom. The summed E-state index contributed by atoms with van der Waals surface area (Å²) in [6.45, 7) is 6.45. The zero-order chi connectivity index (χ0) is 27.4. The first-order chi connectivity index (χ1) is 18.3. The topological polar surface area (TPSA) is 125 Å². The average molecular weight is 532 g/mol. The highest BCUT2D eigenvalue weighted by Crippen LogP contribution is 2.53. The molecule has 210 valence electrons. The van der Waals surface area contributed by atoms with Crippen LogP contribution in [0, 0.1) is 11.8 Å². The van der Waals surface area contributed by atoms with Gasteiger partial charge in [0.15, 0.2) is 0 Å². The normalized spacial score (nSPS) is 35.3. The van der Waals surface area contributed by atoms with Gasteiger partial charge in [0.25, 0.3) is 0 Å². The van der Waals surface area contributed by atoms with Crippen molar-refractivity contribution in [1.82, 2.24) is 15.1 Å². The number of hydrogen-bond donors (Lipinski definition) is 2. The first kappa shape index (κ1) is 28.3. The van der Waals surface area contributed by atoms with Gasteiger partial charge < -0.3 is 29.7 Å². The van der Waals surface area contributed by atoms with E-state index in [0.717, 1.165) is 19.3 Å². The molecule has 10 nitrogen and oxygen atoms in total. The molecule has 0 aromatic heterocycles. The Bertz CT molecular complexity index is 977. The van der Waals surface area contributed by atoms with Gasteiger partial charge >= 0.3 is 5.97 Å². The minimum atomic E-state index is -1.37. The molecule has 0 aromatic rings. The average Bonchev–Trinajstić information content (AvgIpc) is 3.28. The number of nitrogens with zero attached hydrogens (tertiary/aromatic N) is 2. The van der Waals surface area contributed by atoms with Gasteiger partial charge in [0.05, 0.1) is 31.2 Å². The number of carbonyl (C=O) groups is 4. The third kappa shape index (κ3) is 5.12. The number of hydrogen-bond acceptors (Lipinski definition) is 7. The molecule has 4 aliphatic rings. The lowest BCUT2D eigenvalue weighted by atomic mass is 9.78. The molecule has 7 atom stereocenters. The Morgan fingerprint density at radius 3 is 2.66 bits per heavy atom. The Hall–Kier alpha value is -2.72. The molecule has 0 bridgehead atoms. The highest BCUT2D eigenvalue weighted by molar-refractivity contribution is 5.99. The summed E-state index contributed by atoms with van der Waals surface area (Å²) in [6, 6.07) is -1.58. The third-order valence-electron chi connectivity index (χ3n) is 8.16. The van der Waals surface area contributed by atoms with E-state index in [1.807, 2.05) is 13.0 Å². The summed E-state index contributed by atoms with van der Waals surface area (Å²) < 4.78 is 12.3. The van der Waals surface area contributed by atoms with Gasteiger partial charge in [-0.05, 0) is 26.2 Å². The van der Waals surface area contributed by atoms with Crippen molar-refractivity contribution in [2.45, 2.75) is 89.2 Å². The van der Waals surface area contributed by atoms with Gasteiger partial charge in [-0.25, -0.2) is 0 Å². The second kappa shape index (κ2) is 12.0.